The van der Waals surface area contributed by atoms with Crippen LogP contribution in [0.1, 0.15) is 36.8 Å². The fraction of sp³-hybridized carbons (Fsp3) is 0.448. The molecule has 0 aliphatic carbocycles. The maximum Gasteiger partial charge on any atom is 0.326 e. The van der Waals surface area contributed by atoms with Gasteiger partial charge in [-0.05, 0) is 86.0 Å². The summed E-state index contributed by atoms with van der Waals surface area (Å²) in [5.74, 6) is -2.40. The van der Waals surface area contributed by atoms with Crippen LogP contribution >= 0.6 is 11.8 Å². The van der Waals surface area contributed by atoms with Crippen molar-refractivity contribution in [3.05, 3.63) is 59.7 Å². The molecule has 0 bridgehead atoms. The van der Waals surface area contributed by atoms with E-state index >= 15 is 0 Å². The van der Waals surface area contributed by atoms with Crippen LogP contribution in [0.25, 0.3) is 0 Å². The zero-order valence-corrected chi connectivity index (χ0v) is 24.4. The number of benzene rings is 2. The molecule has 0 aliphatic rings. The van der Waals surface area contributed by atoms with Crippen molar-refractivity contribution in [2.75, 3.05) is 18.6 Å². The van der Waals surface area contributed by atoms with Crippen molar-refractivity contribution in [1.29, 1.82) is 0 Å². The van der Waals surface area contributed by atoms with Crippen LogP contribution in [0.15, 0.2) is 48.5 Å². The lowest BCUT2D eigenvalue weighted by Gasteiger charge is -2.25. The van der Waals surface area contributed by atoms with Gasteiger partial charge in [0.2, 0.25) is 17.7 Å². The Kier molecular flexibility index (Phi) is 14.6. The third kappa shape index (κ3) is 12.0. The van der Waals surface area contributed by atoms with E-state index in [4.69, 9.17) is 11.5 Å². The number of amides is 3. The number of rotatable bonds is 18. The Bertz CT molecular complexity index is 1160. The molecule has 0 aliphatic heterocycles. The molecule has 230 valence electrons. The van der Waals surface area contributed by atoms with Crippen molar-refractivity contribution >= 4 is 35.5 Å². The number of aromatic hydroxyl groups is 2. The van der Waals surface area contributed by atoms with E-state index in [0.717, 1.165) is 5.56 Å². The summed E-state index contributed by atoms with van der Waals surface area (Å²) in [4.78, 5) is 51.4. The van der Waals surface area contributed by atoms with Crippen molar-refractivity contribution in [2.45, 2.75) is 62.7 Å². The molecule has 0 radical (unpaired) electrons. The molecule has 4 atom stereocenters. The molecule has 0 spiro atoms. The van der Waals surface area contributed by atoms with E-state index in [2.05, 4.69) is 16.0 Å². The summed E-state index contributed by atoms with van der Waals surface area (Å²) < 4.78 is 0. The zero-order valence-electron chi connectivity index (χ0n) is 23.6. The molecule has 4 unspecified atom stereocenters. The van der Waals surface area contributed by atoms with Crippen molar-refractivity contribution in [2.24, 2.45) is 11.5 Å². The number of carbonyl (C=O) groups is 4. The van der Waals surface area contributed by atoms with Crippen LogP contribution in [-0.2, 0) is 32.0 Å². The lowest BCUT2D eigenvalue weighted by atomic mass is 10.0. The number of hydrogen-bond donors (Lipinski definition) is 8. The maximum absolute atomic E-state index is 13.3. The number of hydrogen-bond acceptors (Lipinski definition) is 9. The molecule has 0 aromatic heterocycles. The molecule has 0 saturated heterocycles. The summed E-state index contributed by atoms with van der Waals surface area (Å²) in [6, 6.07) is 7.96. The summed E-state index contributed by atoms with van der Waals surface area (Å²) in [5, 5.41) is 36.6. The van der Waals surface area contributed by atoms with Crippen molar-refractivity contribution < 1.29 is 34.5 Å². The molecule has 13 heteroatoms. The van der Waals surface area contributed by atoms with Crippen molar-refractivity contribution in [3.63, 3.8) is 0 Å². The first-order chi connectivity index (χ1) is 20.0. The minimum atomic E-state index is -1.28. The molecule has 3 amide bonds. The number of carbonyl (C=O) groups excluding carboxylic acids is 3. The lowest BCUT2D eigenvalue weighted by molar-refractivity contribution is -0.142. The number of aliphatic carboxylic acids is 1. The van der Waals surface area contributed by atoms with Gasteiger partial charge in [0.25, 0.3) is 0 Å². The van der Waals surface area contributed by atoms with Crippen molar-refractivity contribution in [3.8, 4) is 11.5 Å². The molecular formula is C29H41N5O7S. The number of nitrogens with two attached hydrogens (primary N) is 2. The second kappa shape index (κ2) is 17.9. The Morgan fingerprint density at radius 1 is 0.738 bits per heavy atom. The number of phenolic OH excluding ortho intramolecular Hbond substituents is 2. The maximum atomic E-state index is 13.3. The van der Waals surface area contributed by atoms with Gasteiger partial charge in [0.1, 0.15) is 29.6 Å². The Labute approximate surface area is 249 Å². The number of nitrogens with one attached hydrogen (secondary N) is 3. The molecule has 2 aromatic carbocycles. The van der Waals surface area contributed by atoms with Gasteiger partial charge in [-0.1, -0.05) is 24.3 Å². The highest BCUT2D eigenvalue weighted by Crippen LogP contribution is 2.13. The van der Waals surface area contributed by atoms with Crippen LogP contribution < -0.4 is 27.4 Å². The summed E-state index contributed by atoms with van der Waals surface area (Å²) in [6.45, 7) is 0.381. The largest absolute Gasteiger partial charge is 0.508 e. The second-order valence-corrected chi connectivity index (χ2v) is 10.9. The third-order valence-electron chi connectivity index (χ3n) is 6.54. The molecule has 0 heterocycles. The Hall–Kier alpha value is -3.81. The Balaban J connectivity index is 2.12. The Morgan fingerprint density at radius 3 is 1.71 bits per heavy atom. The van der Waals surface area contributed by atoms with E-state index < -0.39 is 47.9 Å². The van der Waals surface area contributed by atoms with Gasteiger partial charge in [0, 0.05) is 6.42 Å². The van der Waals surface area contributed by atoms with Gasteiger partial charge in [-0.15, -0.1) is 0 Å². The van der Waals surface area contributed by atoms with Gasteiger partial charge in [-0.3, -0.25) is 14.4 Å². The second-order valence-electron chi connectivity index (χ2n) is 9.94. The topological polar surface area (TPSA) is 217 Å². The smallest absolute Gasteiger partial charge is 0.326 e. The van der Waals surface area contributed by atoms with E-state index in [-0.39, 0.29) is 37.2 Å². The normalized spacial score (nSPS) is 13.8. The highest BCUT2D eigenvalue weighted by molar-refractivity contribution is 7.98. The van der Waals surface area contributed by atoms with Crippen LogP contribution in [0, 0.1) is 0 Å². The zero-order chi connectivity index (χ0) is 31.1. The summed E-state index contributed by atoms with van der Waals surface area (Å²) in [6.07, 6.45) is 3.60. The molecule has 2 rings (SSSR count). The third-order valence-corrected chi connectivity index (χ3v) is 7.19. The van der Waals surface area contributed by atoms with E-state index in [9.17, 15) is 34.5 Å². The molecule has 0 fully saturated rings. The monoisotopic (exact) mass is 603 g/mol. The van der Waals surface area contributed by atoms with Crippen molar-refractivity contribution in [1.82, 2.24) is 16.0 Å². The molecule has 2 aromatic rings. The van der Waals surface area contributed by atoms with E-state index in [1.807, 2.05) is 6.26 Å². The molecule has 10 N–H and O–H groups in total. The quantitative estimate of drug-likeness (QED) is 0.111. The predicted molar refractivity (Wildman–Crippen MR) is 161 cm³/mol. The van der Waals surface area contributed by atoms with E-state index in [0.29, 0.717) is 30.7 Å². The van der Waals surface area contributed by atoms with Gasteiger partial charge in [-0.2, -0.15) is 11.8 Å². The fourth-order valence-electron chi connectivity index (χ4n) is 4.14. The minimum Gasteiger partial charge on any atom is -0.508 e. The van der Waals surface area contributed by atoms with Crippen LogP contribution in [0.5, 0.6) is 11.5 Å². The van der Waals surface area contributed by atoms with E-state index in [1.54, 1.807) is 24.3 Å². The molecule has 12 nitrogen and oxygen atoms in total. The first-order valence-corrected chi connectivity index (χ1v) is 15.1. The number of carboxylic acid groups (broad SMARTS) is 1. The highest BCUT2D eigenvalue weighted by Gasteiger charge is 2.30. The SMILES string of the molecule is CSCCC(NC(=O)C(N)Cc1ccc(O)cc1)C(=O)NC(CCCCN)C(=O)NC(Cc1ccc(O)cc1)C(=O)O. The standard InChI is InChI=1S/C29H41N5O7S/c1-42-15-13-24(32-26(37)22(31)16-18-5-9-20(35)10-6-18)28(39)33-23(4-2-3-14-30)27(38)34-25(29(40)41)17-19-7-11-21(36)12-8-19/h5-12,22-25,35-36H,2-4,13-17,30-31H2,1H3,(H,32,37)(H,33,39)(H,34,38)(H,40,41). The molecule has 0 saturated carbocycles. The van der Waals surface area contributed by atoms with Gasteiger partial charge in [0.15, 0.2) is 0 Å². The average molecular weight is 604 g/mol. The summed E-state index contributed by atoms with van der Waals surface area (Å²) in [5.41, 5.74) is 13.0. The van der Waals surface area contributed by atoms with Crippen LogP contribution in [0.2, 0.25) is 0 Å². The molecular weight excluding hydrogens is 562 g/mol. The number of phenols is 2. The van der Waals surface area contributed by atoms with E-state index in [1.165, 1.54) is 36.0 Å². The number of carboxylic acids is 1. The van der Waals surface area contributed by atoms with Crippen LogP contribution in [-0.4, -0.2) is 81.7 Å². The molecule has 42 heavy (non-hydrogen) atoms. The first kappa shape index (κ1) is 34.4. The number of unbranched alkanes of at least 4 members (excludes halogenated alkanes) is 1. The summed E-state index contributed by atoms with van der Waals surface area (Å²) >= 11 is 1.48. The van der Waals surface area contributed by atoms with Crippen LogP contribution in [0.4, 0.5) is 0 Å². The first-order valence-electron chi connectivity index (χ1n) is 13.7. The van der Waals surface area contributed by atoms with Gasteiger partial charge in [0.05, 0.1) is 6.04 Å². The predicted octanol–water partition coefficient (Wildman–Crippen LogP) is 0.631. The summed E-state index contributed by atoms with van der Waals surface area (Å²) in [7, 11) is 0. The Morgan fingerprint density at radius 2 is 1.21 bits per heavy atom. The van der Waals surface area contributed by atoms with Gasteiger partial charge in [-0.25, -0.2) is 4.79 Å². The van der Waals surface area contributed by atoms with Crippen LogP contribution in [0.3, 0.4) is 0 Å². The lowest BCUT2D eigenvalue weighted by Crippen LogP contribution is -2.57. The highest BCUT2D eigenvalue weighted by atomic mass is 32.2. The number of thioether (sulfide) groups is 1. The fourth-order valence-corrected chi connectivity index (χ4v) is 4.61. The minimum absolute atomic E-state index is 0.0294. The van der Waals surface area contributed by atoms with Gasteiger partial charge < -0.3 is 42.7 Å². The average Bonchev–Trinajstić information content (AvgIpc) is 2.96. The van der Waals surface area contributed by atoms with Gasteiger partial charge >= 0.3 is 5.97 Å².